The van der Waals surface area contributed by atoms with Gasteiger partial charge in [0, 0.05) is 17.7 Å². The average molecular weight is 370 g/mol. The van der Waals surface area contributed by atoms with E-state index in [0.717, 1.165) is 6.08 Å². The van der Waals surface area contributed by atoms with Crippen LogP contribution in [0.1, 0.15) is 11.1 Å². The molecule has 0 atom stereocenters. The van der Waals surface area contributed by atoms with Gasteiger partial charge >= 0.3 is 6.18 Å². The second-order valence-corrected chi connectivity index (χ2v) is 5.87. The number of nitro benzene ring substituents is 1. The van der Waals surface area contributed by atoms with Gasteiger partial charge in [-0.3, -0.25) is 14.9 Å². The predicted octanol–water partition coefficient (Wildman–Crippen LogP) is 4.26. The van der Waals surface area contributed by atoms with Crippen LogP contribution in [0.25, 0.3) is 6.08 Å². The first-order valence-electron chi connectivity index (χ1n) is 7.04. The first-order valence-corrected chi connectivity index (χ1v) is 7.99. The van der Waals surface area contributed by atoms with Crippen LogP contribution in [0.2, 0.25) is 0 Å². The minimum atomic E-state index is -4.62. The van der Waals surface area contributed by atoms with Crippen molar-refractivity contribution in [3.05, 3.63) is 68.4 Å². The molecular formula is C16H13F3N2O3S. The average Bonchev–Trinajstić information content (AvgIpc) is 3.04. The number of thiophene rings is 1. The molecule has 1 aromatic carbocycles. The van der Waals surface area contributed by atoms with E-state index in [1.54, 1.807) is 16.8 Å². The van der Waals surface area contributed by atoms with E-state index < -0.39 is 30.1 Å². The molecule has 1 heterocycles. The molecule has 1 amide bonds. The van der Waals surface area contributed by atoms with Crippen molar-refractivity contribution in [3.8, 4) is 0 Å². The lowest BCUT2D eigenvalue weighted by molar-refractivity contribution is -0.385. The van der Waals surface area contributed by atoms with Crippen LogP contribution in [-0.2, 0) is 11.3 Å². The van der Waals surface area contributed by atoms with E-state index in [-0.39, 0.29) is 11.3 Å². The van der Waals surface area contributed by atoms with E-state index in [2.05, 4.69) is 0 Å². The summed E-state index contributed by atoms with van der Waals surface area (Å²) >= 11 is 1.39. The Morgan fingerprint density at radius 1 is 1.28 bits per heavy atom. The largest absolute Gasteiger partial charge is 0.406 e. The molecule has 2 aromatic rings. The van der Waals surface area contributed by atoms with E-state index >= 15 is 0 Å². The molecule has 0 unspecified atom stereocenters. The quantitative estimate of drug-likeness (QED) is 0.434. The number of halogens is 3. The van der Waals surface area contributed by atoms with Gasteiger partial charge in [-0.05, 0) is 28.5 Å². The molecule has 132 valence electrons. The number of hydrogen-bond acceptors (Lipinski definition) is 4. The van der Waals surface area contributed by atoms with E-state index in [0.29, 0.717) is 10.5 Å². The van der Waals surface area contributed by atoms with Crippen LogP contribution in [0.3, 0.4) is 0 Å². The number of amides is 1. The van der Waals surface area contributed by atoms with Crippen LogP contribution in [0.15, 0.2) is 47.2 Å². The molecule has 0 saturated carbocycles. The Morgan fingerprint density at radius 3 is 2.60 bits per heavy atom. The molecule has 0 bridgehead atoms. The summed E-state index contributed by atoms with van der Waals surface area (Å²) in [6.45, 7) is -2.00. The summed E-state index contributed by atoms with van der Waals surface area (Å²) in [6, 6.07) is 7.11. The molecular weight excluding hydrogens is 357 g/mol. The zero-order valence-corrected chi connectivity index (χ0v) is 13.6. The minimum Gasteiger partial charge on any atom is -0.325 e. The summed E-state index contributed by atoms with van der Waals surface area (Å²) in [5.74, 6) is -0.873. The van der Waals surface area contributed by atoms with Crippen LogP contribution in [0, 0.1) is 10.1 Å². The number of carbonyl (C=O) groups is 1. The van der Waals surface area contributed by atoms with Gasteiger partial charge in [0.1, 0.15) is 6.54 Å². The predicted molar refractivity (Wildman–Crippen MR) is 87.9 cm³/mol. The van der Waals surface area contributed by atoms with Crippen molar-refractivity contribution in [1.82, 2.24) is 4.90 Å². The molecule has 0 N–H and O–H groups in total. The number of rotatable bonds is 6. The Labute approximate surface area is 145 Å². The summed E-state index contributed by atoms with van der Waals surface area (Å²) in [5.41, 5.74) is 0.398. The number of benzene rings is 1. The molecule has 0 aliphatic rings. The van der Waals surface area contributed by atoms with E-state index in [1.165, 1.54) is 41.7 Å². The summed E-state index contributed by atoms with van der Waals surface area (Å²) in [5, 5.41) is 14.5. The fourth-order valence-electron chi connectivity index (χ4n) is 2.10. The summed E-state index contributed by atoms with van der Waals surface area (Å²) in [7, 11) is 0. The Morgan fingerprint density at radius 2 is 2.00 bits per heavy atom. The monoisotopic (exact) mass is 370 g/mol. The molecule has 0 fully saturated rings. The van der Waals surface area contributed by atoms with Gasteiger partial charge in [-0.15, -0.1) is 0 Å². The number of nitrogens with zero attached hydrogens (tertiary/aromatic N) is 2. The topological polar surface area (TPSA) is 63.5 Å². The molecule has 1 aromatic heterocycles. The molecule has 9 heteroatoms. The Kier molecular flexibility index (Phi) is 5.92. The van der Waals surface area contributed by atoms with E-state index in [1.807, 2.05) is 0 Å². The highest BCUT2D eigenvalue weighted by molar-refractivity contribution is 7.08. The van der Waals surface area contributed by atoms with Crippen molar-refractivity contribution in [2.45, 2.75) is 12.7 Å². The second kappa shape index (κ2) is 7.93. The van der Waals surface area contributed by atoms with Gasteiger partial charge in [-0.1, -0.05) is 18.2 Å². The van der Waals surface area contributed by atoms with Crippen LogP contribution in [0.5, 0.6) is 0 Å². The normalized spacial score (nSPS) is 11.6. The number of hydrogen-bond donors (Lipinski definition) is 0. The highest BCUT2D eigenvalue weighted by Gasteiger charge is 2.33. The van der Waals surface area contributed by atoms with Crippen molar-refractivity contribution >= 4 is 29.0 Å². The zero-order valence-electron chi connectivity index (χ0n) is 12.8. The van der Waals surface area contributed by atoms with Gasteiger partial charge in [0.15, 0.2) is 0 Å². The first kappa shape index (κ1) is 18.7. The number of para-hydroxylation sites is 1. The molecule has 5 nitrogen and oxygen atoms in total. The van der Waals surface area contributed by atoms with Crippen LogP contribution < -0.4 is 0 Å². The Hall–Kier alpha value is -2.68. The van der Waals surface area contributed by atoms with Gasteiger partial charge in [0.2, 0.25) is 5.91 Å². The molecule has 0 saturated heterocycles. The number of alkyl halides is 3. The fourth-order valence-corrected chi connectivity index (χ4v) is 2.73. The van der Waals surface area contributed by atoms with Gasteiger partial charge < -0.3 is 4.90 Å². The third-order valence-corrected chi connectivity index (χ3v) is 3.89. The Bertz CT molecular complexity index is 773. The number of nitro groups is 1. The van der Waals surface area contributed by atoms with Crippen LogP contribution in [-0.4, -0.2) is 28.5 Å². The smallest absolute Gasteiger partial charge is 0.325 e. The third kappa shape index (κ3) is 5.71. The van der Waals surface area contributed by atoms with Crippen molar-refractivity contribution < 1.29 is 22.9 Å². The molecule has 0 radical (unpaired) electrons. The summed E-state index contributed by atoms with van der Waals surface area (Å²) < 4.78 is 38.4. The molecule has 0 aliphatic carbocycles. The lowest BCUT2D eigenvalue weighted by atomic mass is 10.1. The van der Waals surface area contributed by atoms with Crippen molar-refractivity contribution in [2.24, 2.45) is 0 Å². The van der Waals surface area contributed by atoms with Crippen LogP contribution in [0.4, 0.5) is 18.9 Å². The lowest BCUT2D eigenvalue weighted by Gasteiger charge is -2.22. The van der Waals surface area contributed by atoms with Crippen molar-refractivity contribution in [2.75, 3.05) is 6.54 Å². The standard InChI is InChI=1S/C16H13F3N2O3S/c17-16(18,19)11-20(15(22)6-5-12-7-8-25-10-12)9-13-3-1-2-4-14(13)21(23)24/h1-8,10H,9,11H2/b6-5+. The van der Waals surface area contributed by atoms with Crippen molar-refractivity contribution in [3.63, 3.8) is 0 Å². The fraction of sp³-hybridized carbons (Fsp3) is 0.188. The first-order chi connectivity index (χ1) is 11.8. The lowest BCUT2D eigenvalue weighted by Crippen LogP contribution is -2.37. The van der Waals surface area contributed by atoms with Gasteiger partial charge in [0.05, 0.1) is 11.5 Å². The zero-order chi connectivity index (χ0) is 18.4. The summed E-state index contributed by atoms with van der Waals surface area (Å²) in [6.07, 6.45) is -2.18. The van der Waals surface area contributed by atoms with Crippen molar-refractivity contribution in [1.29, 1.82) is 0 Å². The molecule has 0 aliphatic heterocycles. The number of carbonyl (C=O) groups excluding carboxylic acids is 1. The van der Waals surface area contributed by atoms with E-state index in [4.69, 9.17) is 0 Å². The second-order valence-electron chi connectivity index (χ2n) is 5.09. The SMILES string of the molecule is O=C(/C=C/c1ccsc1)N(Cc1ccccc1[N+](=O)[O-])CC(F)(F)F. The maximum absolute atomic E-state index is 12.8. The Balaban J connectivity index is 2.24. The summed E-state index contributed by atoms with van der Waals surface area (Å²) in [4.78, 5) is 23.0. The maximum Gasteiger partial charge on any atom is 0.406 e. The maximum atomic E-state index is 12.8. The van der Waals surface area contributed by atoms with Gasteiger partial charge in [0.25, 0.3) is 5.69 Å². The van der Waals surface area contributed by atoms with Crippen LogP contribution >= 0.6 is 11.3 Å². The minimum absolute atomic E-state index is 0.0361. The molecule has 2 rings (SSSR count). The highest BCUT2D eigenvalue weighted by Crippen LogP contribution is 2.23. The molecule has 25 heavy (non-hydrogen) atoms. The highest BCUT2D eigenvalue weighted by atomic mass is 32.1. The van der Waals surface area contributed by atoms with Gasteiger partial charge in [-0.2, -0.15) is 24.5 Å². The third-order valence-electron chi connectivity index (χ3n) is 3.19. The van der Waals surface area contributed by atoms with E-state index in [9.17, 15) is 28.1 Å². The van der Waals surface area contributed by atoms with Gasteiger partial charge in [-0.25, -0.2) is 0 Å². The molecule has 0 spiro atoms.